The number of fused-ring (bicyclic) bond motifs is 1. The van der Waals surface area contributed by atoms with E-state index in [-0.39, 0.29) is 6.10 Å². The molecule has 3 heteroatoms. The lowest BCUT2D eigenvalue weighted by atomic mass is 9.86. The fourth-order valence-electron chi connectivity index (χ4n) is 2.99. The molecule has 0 saturated carbocycles. The minimum Gasteiger partial charge on any atom is -0.392 e. The van der Waals surface area contributed by atoms with Crippen molar-refractivity contribution in [2.24, 2.45) is 5.92 Å². The van der Waals surface area contributed by atoms with Gasteiger partial charge in [-0.05, 0) is 36.8 Å². The number of hydrogen-bond acceptors (Lipinski definition) is 3. The molecule has 2 heterocycles. The van der Waals surface area contributed by atoms with Crippen molar-refractivity contribution in [1.29, 1.82) is 0 Å². The Morgan fingerprint density at radius 2 is 2.06 bits per heavy atom. The van der Waals surface area contributed by atoms with Gasteiger partial charge >= 0.3 is 0 Å². The largest absolute Gasteiger partial charge is 0.392 e. The van der Waals surface area contributed by atoms with Gasteiger partial charge in [0.1, 0.15) is 0 Å². The summed E-state index contributed by atoms with van der Waals surface area (Å²) in [5.74, 6) is 2.00. The maximum absolute atomic E-state index is 10.5. The number of aliphatic hydroxyl groups is 1. The molecule has 2 aliphatic heterocycles. The van der Waals surface area contributed by atoms with Gasteiger partial charge in [0, 0.05) is 29.8 Å². The standard InChI is InChI=1S/C15H20O2S/c16-14(9-11-5-7-17-8-6-11)13-10-18-15-4-2-1-3-12(13)15/h1-4,11,13-14,16H,5-10H2. The van der Waals surface area contributed by atoms with E-state index in [4.69, 9.17) is 4.74 Å². The maximum Gasteiger partial charge on any atom is 0.0619 e. The van der Waals surface area contributed by atoms with E-state index < -0.39 is 0 Å². The van der Waals surface area contributed by atoms with E-state index in [0.717, 1.165) is 38.2 Å². The molecule has 3 rings (SSSR count). The number of benzene rings is 1. The highest BCUT2D eigenvalue weighted by molar-refractivity contribution is 7.99. The number of aliphatic hydroxyl groups excluding tert-OH is 1. The van der Waals surface area contributed by atoms with Gasteiger partial charge in [0.2, 0.25) is 0 Å². The lowest BCUT2D eigenvalue weighted by molar-refractivity contribution is 0.0393. The van der Waals surface area contributed by atoms with Crippen molar-refractivity contribution in [2.45, 2.75) is 36.2 Å². The normalized spacial score (nSPS) is 25.9. The average Bonchev–Trinajstić information content (AvgIpc) is 2.84. The highest BCUT2D eigenvalue weighted by Crippen LogP contribution is 2.42. The van der Waals surface area contributed by atoms with E-state index in [9.17, 15) is 5.11 Å². The molecule has 98 valence electrons. The Kier molecular flexibility index (Phi) is 3.92. The summed E-state index contributed by atoms with van der Waals surface area (Å²) in [7, 11) is 0. The third-order valence-corrected chi connectivity index (χ3v) is 5.33. The fraction of sp³-hybridized carbons (Fsp3) is 0.600. The van der Waals surface area contributed by atoms with Crippen molar-refractivity contribution < 1.29 is 9.84 Å². The Morgan fingerprint density at radius 3 is 2.89 bits per heavy atom. The SMILES string of the molecule is OC(CC1CCOCC1)C1CSc2ccccc21. The molecular formula is C15H20O2S. The van der Waals surface area contributed by atoms with Gasteiger partial charge < -0.3 is 9.84 Å². The quantitative estimate of drug-likeness (QED) is 0.910. The smallest absolute Gasteiger partial charge is 0.0619 e. The molecule has 2 atom stereocenters. The molecule has 1 aromatic carbocycles. The van der Waals surface area contributed by atoms with Gasteiger partial charge in [-0.15, -0.1) is 11.8 Å². The highest BCUT2D eigenvalue weighted by Gasteiger charge is 2.30. The third kappa shape index (κ3) is 2.58. The molecule has 1 saturated heterocycles. The molecule has 1 N–H and O–H groups in total. The predicted molar refractivity (Wildman–Crippen MR) is 74.1 cm³/mol. The molecule has 0 aromatic heterocycles. The molecule has 0 aliphatic carbocycles. The van der Waals surface area contributed by atoms with Crippen molar-refractivity contribution in [3.05, 3.63) is 29.8 Å². The van der Waals surface area contributed by atoms with Crippen molar-refractivity contribution in [1.82, 2.24) is 0 Å². The van der Waals surface area contributed by atoms with Crippen LogP contribution in [0.4, 0.5) is 0 Å². The van der Waals surface area contributed by atoms with E-state index in [2.05, 4.69) is 24.3 Å². The lowest BCUT2D eigenvalue weighted by Crippen LogP contribution is -2.25. The van der Waals surface area contributed by atoms with Crippen LogP contribution in [0.15, 0.2) is 29.2 Å². The molecule has 0 amide bonds. The van der Waals surface area contributed by atoms with Crippen LogP contribution in [0.3, 0.4) is 0 Å². The van der Waals surface area contributed by atoms with Crippen LogP contribution in [0.5, 0.6) is 0 Å². The fourth-order valence-corrected chi connectivity index (χ4v) is 4.32. The zero-order valence-corrected chi connectivity index (χ0v) is 11.4. The number of ether oxygens (including phenoxy) is 1. The first-order chi connectivity index (χ1) is 8.84. The Balaban J connectivity index is 1.64. The van der Waals surface area contributed by atoms with E-state index in [1.54, 1.807) is 0 Å². The molecule has 18 heavy (non-hydrogen) atoms. The van der Waals surface area contributed by atoms with Crippen LogP contribution >= 0.6 is 11.8 Å². The lowest BCUT2D eigenvalue weighted by Gasteiger charge is -2.27. The Labute approximate surface area is 113 Å². The van der Waals surface area contributed by atoms with Crippen LogP contribution in [-0.2, 0) is 4.74 Å². The predicted octanol–water partition coefficient (Wildman–Crippen LogP) is 3.05. The number of rotatable bonds is 3. The second-order valence-electron chi connectivity index (χ2n) is 5.31. The van der Waals surface area contributed by atoms with E-state index >= 15 is 0 Å². The molecule has 2 unspecified atom stereocenters. The molecule has 2 aliphatic rings. The minimum absolute atomic E-state index is 0.191. The van der Waals surface area contributed by atoms with Crippen LogP contribution < -0.4 is 0 Å². The molecule has 2 nitrogen and oxygen atoms in total. The summed E-state index contributed by atoms with van der Waals surface area (Å²) in [4.78, 5) is 1.36. The van der Waals surface area contributed by atoms with Crippen molar-refractivity contribution in [3.63, 3.8) is 0 Å². The minimum atomic E-state index is -0.191. The molecule has 0 spiro atoms. The summed E-state index contributed by atoms with van der Waals surface area (Å²) >= 11 is 1.88. The first-order valence-electron chi connectivity index (χ1n) is 6.82. The average molecular weight is 264 g/mol. The van der Waals surface area contributed by atoms with Crippen molar-refractivity contribution in [3.8, 4) is 0 Å². The third-order valence-electron chi connectivity index (χ3n) is 4.12. The molecule has 1 aromatic rings. The summed E-state index contributed by atoms with van der Waals surface area (Å²) in [6.07, 6.45) is 2.96. The first-order valence-corrected chi connectivity index (χ1v) is 7.80. The van der Waals surface area contributed by atoms with Crippen LogP contribution in [0, 0.1) is 5.92 Å². The Morgan fingerprint density at radius 1 is 1.28 bits per heavy atom. The topological polar surface area (TPSA) is 29.5 Å². The zero-order chi connectivity index (χ0) is 12.4. The summed E-state index contributed by atoms with van der Waals surface area (Å²) in [6, 6.07) is 8.51. The first kappa shape index (κ1) is 12.5. The molecular weight excluding hydrogens is 244 g/mol. The zero-order valence-electron chi connectivity index (χ0n) is 10.5. The van der Waals surface area contributed by atoms with Gasteiger partial charge in [0.15, 0.2) is 0 Å². The molecule has 1 fully saturated rings. The number of hydrogen-bond donors (Lipinski definition) is 1. The summed E-state index contributed by atoms with van der Waals surface area (Å²) in [6.45, 7) is 1.74. The highest BCUT2D eigenvalue weighted by atomic mass is 32.2. The summed E-state index contributed by atoms with van der Waals surface area (Å²) < 4.78 is 5.38. The van der Waals surface area contributed by atoms with Crippen molar-refractivity contribution in [2.75, 3.05) is 19.0 Å². The molecule has 0 radical (unpaired) electrons. The second-order valence-corrected chi connectivity index (χ2v) is 6.38. The van der Waals surface area contributed by atoms with Crippen LogP contribution in [0.2, 0.25) is 0 Å². The maximum atomic E-state index is 10.5. The monoisotopic (exact) mass is 264 g/mol. The molecule has 0 bridgehead atoms. The van der Waals surface area contributed by atoms with Crippen molar-refractivity contribution >= 4 is 11.8 Å². The van der Waals surface area contributed by atoms with Gasteiger partial charge in [-0.2, -0.15) is 0 Å². The van der Waals surface area contributed by atoms with Gasteiger partial charge in [0.05, 0.1) is 6.10 Å². The Hall–Kier alpha value is -0.510. The van der Waals surface area contributed by atoms with Crippen LogP contribution in [-0.4, -0.2) is 30.2 Å². The van der Waals surface area contributed by atoms with E-state index in [1.165, 1.54) is 10.5 Å². The summed E-state index contributed by atoms with van der Waals surface area (Å²) in [5.41, 5.74) is 1.35. The van der Waals surface area contributed by atoms with Gasteiger partial charge in [0.25, 0.3) is 0 Å². The number of thioether (sulfide) groups is 1. The second kappa shape index (κ2) is 5.64. The Bertz CT molecular complexity index is 401. The van der Waals surface area contributed by atoms with Gasteiger partial charge in [-0.3, -0.25) is 0 Å². The van der Waals surface area contributed by atoms with Crippen LogP contribution in [0.1, 0.15) is 30.7 Å². The summed E-state index contributed by atoms with van der Waals surface area (Å²) in [5, 5.41) is 10.5. The van der Waals surface area contributed by atoms with E-state index in [1.807, 2.05) is 11.8 Å². The van der Waals surface area contributed by atoms with E-state index in [0.29, 0.717) is 11.8 Å². The van der Waals surface area contributed by atoms with Gasteiger partial charge in [-0.25, -0.2) is 0 Å². The van der Waals surface area contributed by atoms with Crippen LogP contribution in [0.25, 0.3) is 0 Å². The van der Waals surface area contributed by atoms with Gasteiger partial charge in [-0.1, -0.05) is 18.2 Å².